The number of aromatic nitrogens is 4. The normalized spacial score (nSPS) is 12.6. The van der Waals surface area contributed by atoms with Gasteiger partial charge in [-0.05, 0) is 25.3 Å². The standard InChI is InChI=1S/C16H24N6O2/c1-8(2)6-11-7-12(20-16(17)19-11)13(23)18-10(5)15-22-21-14(24-15)9(3)4/h7-10H,6H2,1-5H3,(H,18,23)(H2,17,19,20). The first-order valence-electron chi connectivity index (χ1n) is 8.03. The van der Waals surface area contributed by atoms with Crippen molar-refractivity contribution < 1.29 is 9.21 Å². The first-order chi connectivity index (χ1) is 11.3. The fourth-order valence-corrected chi connectivity index (χ4v) is 2.14. The lowest BCUT2D eigenvalue weighted by Gasteiger charge is -2.11. The maximum Gasteiger partial charge on any atom is 0.270 e. The molecule has 0 aromatic carbocycles. The lowest BCUT2D eigenvalue weighted by Crippen LogP contribution is -2.28. The van der Waals surface area contributed by atoms with Crippen molar-refractivity contribution in [3.8, 4) is 0 Å². The molecular formula is C16H24N6O2. The van der Waals surface area contributed by atoms with Crippen LogP contribution in [0.15, 0.2) is 10.5 Å². The summed E-state index contributed by atoms with van der Waals surface area (Å²) in [4.78, 5) is 20.6. The van der Waals surface area contributed by atoms with Crippen LogP contribution in [0.3, 0.4) is 0 Å². The van der Waals surface area contributed by atoms with Gasteiger partial charge in [0.15, 0.2) is 0 Å². The van der Waals surface area contributed by atoms with Gasteiger partial charge in [-0.3, -0.25) is 4.79 Å². The Morgan fingerprint density at radius 3 is 2.42 bits per heavy atom. The fourth-order valence-electron chi connectivity index (χ4n) is 2.14. The Kier molecular flexibility index (Phi) is 5.48. The van der Waals surface area contributed by atoms with Crippen LogP contribution in [0, 0.1) is 5.92 Å². The number of hydrogen-bond donors (Lipinski definition) is 2. The van der Waals surface area contributed by atoms with E-state index in [1.54, 1.807) is 13.0 Å². The zero-order valence-corrected chi connectivity index (χ0v) is 14.7. The Labute approximate surface area is 141 Å². The lowest BCUT2D eigenvalue weighted by atomic mass is 10.1. The van der Waals surface area contributed by atoms with Gasteiger partial charge in [-0.2, -0.15) is 0 Å². The highest BCUT2D eigenvalue weighted by atomic mass is 16.4. The minimum atomic E-state index is -0.428. The Balaban J connectivity index is 2.12. The Morgan fingerprint density at radius 2 is 1.83 bits per heavy atom. The molecule has 8 heteroatoms. The molecule has 3 N–H and O–H groups in total. The average Bonchev–Trinajstić information content (AvgIpc) is 2.95. The van der Waals surface area contributed by atoms with Gasteiger partial charge in [-0.15, -0.1) is 10.2 Å². The SMILES string of the molecule is CC(C)Cc1cc(C(=O)NC(C)c2nnc(C(C)C)o2)nc(N)n1. The molecule has 0 saturated heterocycles. The maximum absolute atomic E-state index is 12.4. The molecule has 2 heterocycles. The third-order valence-corrected chi connectivity index (χ3v) is 3.31. The monoisotopic (exact) mass is 332 g/mol. The smallest absolute Gasteiger partial charge is 0.270 e. The van der Waals surface area contributed by atoms with Gasteiger partial charge in [0, 0.05) is 11.6 Å². The van der Waals surface area contributed by atoms with Crippen LogP contribution in [0.5, 0.6) is 0 Å². The molecule has 2 aromatic rings. The van der Waals surface area contributed by atoms with Crippen molar-refractivity contribution in [1.29, 1.82) is 0 Å². The molecule has 0 bridgehead atoms. The molecule has 0 aliphatic rings. The van der Waals surface area contributed by atoms with Crippen LogP contribution in [-0.2, 0) is 6.42 Å². The van der Waals surface area contributed by atoms with Crippen molar-refractivity contribution >= 4 is 11.9 Å². The molecule has 8 nitrogen and oxygen atoms in total. The number of carbonyl (C=O) groups is 1. The Bertz CT molecular complexity index is 710. The highest BCUT2D eigenvalue weighted by molar-refractivity contribution is 5.92. The van der Waals surface area contributed by atoms with Crippen LogP contribution in [0.25, 0.3) is 0 Å². The second kappa shape index (κ2) is 7.37. The molecule has 0 spiro atoms. The van der Waals surface area contributed by atoms with E-state index in [1.807, 2.05) is 13.8 Å². The van der Waals surface area contributed by atoms with Crippen molar-refractivity contribution in [1.82, 2.24) is 25.5 Å². The molecule has 24 heavy (non-hydrogen) atoms. The van der Waals surface area contributed by atoms with Crippen LogP contribution < -0.4 is 11.1 Å². The summed E-state index contributed by atoms with van der Waals surface area (Å²) in [5, 5.41) is 10.7. The summed E-state index contributed by atoms with van der Waals surface area (Å²) in [6.45, 7) is 9.83. The van der Waals surface area contributed by atoms with Crippen molar-refractivity contribution in [2.45, 2.75) is 53.0 Å². The number of amides is 1. The lowest BCUT2D eigenvalue weighted by molar-refractivity contribution is 0.0928. The maximum atomic E-state index is 12.4. The Morgan fingerprint density at radius 1 is 1.17 bits per heavy atom. The van der Waals surface area contributed by atoms with E-state index in [4.69, 9.17) is 10.2 Å². The quantitative estimate of drug-likeness (QED) is 0.832. The molecule has 0 radical (unpaired) electrons. The van der Waals surface area contributed by atoms with Gasteiger partial charge in [0.05, 0.1) is 0 Å². The molecule has 0 saturated carbocycles. The zero-order valence-electron chi connectivity index (χ0n) is 14.7. The fraction of sp³-hybridized carbons (Fsp3) is 0.562. The van der Waals surface area contributed by atoms with Gasteiger partial charge >= 0.3 is 0 Å². The van der Waals surface area contributed by atoms with Crippen LogP contribution in [0.1, 0.15) is 74.5 Å². The predicted octanol–water partition coefficient (Wildman–Crippen LogP) is 2.25. The number of anilines is 1. The highest BCUT2D eigenvalue weighted by Crippen LogP contribution is 2.17. The van der Waals surface area contributed by atoms with Gasteiger partial charge in [0.25, 0.3) is 5.91 Å². The second-order valence-electron chi connectivity index (χ2n) is 6.53. The largest absolute Gasteiger partial charge is 0.423 e. The molecule has 0 aliphatic heterocycles. The van der Waals surface area contributed by atoms with Crippen LogP contribution in [0.2, 0.25) is 0 Å². The van der Waals surface area contributed by atoms with Gasteiger partial charge < -0.3 is 15.5 Å². The van der Waals surface area contributed by atoms with Crippen molar-refractivity contribution in [2.75, 3.05) is 5.73 Å². The van der Waals surface area contributed by atoms with Crippen molar-refractivity contribution in [3.05, 3.63) is 29.2 Å². The van der Waals surface area contributed by atoms with Gasteiger partial charge in [-0.1, -0.05) is 27.7 Å². The molecule has 2 aromatic heterocycles. The van der Waals surface area contributed by atoms with Crippen molar-refractivity contribution in [2.24, 2.45) is 5.92 Å². The summed E-state index contributed by atoms with van der Waals surface area (Å²) in [5.74, 6) is 1.17. The third kappa shape index (κ3) is 4.50. The topological polar surface area (TPSA) is 120 Å². The molecule has 0 aliphatic carbocycles. The van der Waals surface area contributed by atoms with Gasteiger partial charge in [-0.25, -0.2) is 9.97 Å². The number of carbonyl (C=O) groups excluding carboxylic acids is 1. The Hall–Kier alpha value is -2.51. The number of nitrogens with zero attached hydrogens (tertiary/aromatic N) is 4. The minimum absolute atomic E-state index is 0.0887. The molecular weight excluding hydrogens is 308 g/mol. The number of hydrogen-bond acceptors (Lipinski definition) is 7. The average molecular weight is 332 g/mol. The summed E-state index contributed by atoms with van der Waals surface area (Å²) in [6.07, 6.45) is 0.726. The van der Waals surface area contributed by atoms with E-state index >= 15 is 0 Å². The van der Waals surface area contributed by atoms with E-state index in [1.165, 1.54) is 0 Å². The molecule has 1 unspecified atom stereocenters. The summed E-state index contributed by atoms with van der Waals surface area (Å²) in [6, 6.07) is 1.23. The van der Waals surface area contributed by atoms with Crippen molar-refractivity contribution in [3.63, 3.8) is 0 Å². The highest BCUT2D eigenvalue weighted by Gasteiger charge is 2.20. The number of rotatable bonds is 6. The second-order valence-corrected chi connectivity index (χ2v) is 6.53. The minimum Gasteiger partial charge on any atom is -0.423 e. The third-order valence-electron chi connectivity index (χ3n) is 3.31. The number of nitrogens with one attached hydrogen (secondary N) is 1. The number of nitrogens with two attached hydrogens (primary N) is 1. The van der Waals surface area contributed by atoms with Gasteiger partial charge in [0.1, 0.15) is 11.7 Å². The molecule has 0 fully saturated rings. The number of nitrogen functional groups attached to an aromatic ring is 1. The van der Waals surface area contributed by atoms with E-state index in [9.17, 15) is 4.79 Å². The predicted molar refractivity (Wildman–Crippen MR) is 89.3 cm³/mol. The molecule has 1 atom stereocenters. The van der Waals surface area contributed by atoms with Gasteiger partial charge in [0.2, 0.25) is 17.7 Å². The first kappa shape index (κ1) is 17.8. The summed E-state index contributed by atoms with van der Waals surface area (Å²) >= 11 is 0. The summed E-state index contributed by atoms with van der Waals surface area (Å²) in [7, 11) is 0. The van der Waals surface area contributed by atoms with E-state index < -0.39 is 6.04 Å². The summed E-state index contributed by atoms with van der Waals surface area (Å²) < 4.78 is 5.55. The van der Waals surface area contributed by atoms with Crippen LogP contribution in [0.4, 0.5) is 5.95 Å². The molecule has 2 rings (SSSR count). The van der Waals surface area contributed by atoms with Crippen LogP contribution >= 0.6 is 0 Å². The summed E-state index contributed by atoms with van der Waals surface area (Å²) in [5.41, 5.74) is 6.68. The van der Waals surface area contributed by atoms with E-state index in [-0.39, 0.29) is 23.5 Å². The molecule has 130 valence electrons. The zero-order chi connectivity index (χ0) is 17.9. The molecule has 1 amide bonds. The van der Waals surface area contributed by atoms with E-state index in [0.29, 0.717) is 17.7 Å². The van der Waals surface area contributed by atoms with Crippen LogP contribution in [-0.4, -0.2) is 26.1 Å². The first-order valence-corrected chi connectivity index (χ1v) is 8.03. The van der Waals surface area contributed by atoms with E-state index in [2.05, 4.69) is 39.3 Å². The van der Waals surface area contributed by atoms with E-state index in [0.717, 1.165) is 12.1 Å².